The van der Waals surface area contributed by atoms with Gasteiger partial charge in [-0.05, 0) is 56.3 Å². The van der Waals surface area contributed by atoms with Crippen molar-refractivity contribution in [1.29, 1.82) is 0 Å². The van der Waals surface area contributed by atoms with Gasteiger partial charge in [-0.1, -0.05) is 84.5 Å². The highest BCUT2D eigenvalue weighted by Crippen LogP contribution is 2.21. The fourth-order valence-corrected chi connectivity index (χ4v) is 4.04. The largest absolute Gasteiger partial charge is 0.341 e. The third-order valence-electron chi connectivity index (χ3n) is 5.73. The number of urea groups is 1. The van der Waals surface area contributed by atoms with Crippen LogP contribution in [-0.2, 0) is 0 Å². The number of hydrogen-bond donors (Lipinski definition) is 2. The van der Waals surface area contributed by atoms with Crippen LogP contribution in [0.15, 0.2) is 84.5 Å². The summed E-state index contributed by atoms with van der Waals surface area (Å²) in [5.74, 6) is 0. The Hall–Kier alpha value is -2.85. The topological polar surface area (TPSA) is 44.4 Å². The Morgan fingerprint density at radius 3 is 2.13 bits per heavy atom. The maximum absolute atomic E-state index is 11.5. The fourth-order valence-electron chi connectivity index (χ4n) is 4.04. The number of amides is 2. The average Bonchev–Trinajstić information content (AvgIpc) is 3.20. The molecule has 2 amide bonds. The van der Waals surface area contributed by atoms with E-state index in [1.165, 1.54) is 51.7 Å². The molecule has 1 aliphatic carbocycles. The number of hydrogen-bond acceptors (Lipinski definition) is 2. The number of nitrogens with one attached hydrogen (secondary N) is 2. The lowest BCUT2D eigenvalue weighted by Crippen LogP contribution is -2.36. The highest BCUT2D eigenvalue weighted by molar-refractivity contribution is 5.74. The van der Waals surface area contributed by atoms with E-state index in [4.69, 9.17) is 0 Å². The van der Waals surface area contributed by atoms with Gasteiger partial charge < -0.3 is 10.6 Å². The van der Waals surface area contributed by atoms with Gasteiger partial charge >= 0.3 is 6.03 Å². The maximum atomic E-state index is 11.5. The summed E-state index contributed by atoms with van der Waals surface area (Å²) in [5.41, 5.74) is 3.76. The lowest BCUT2D eigenvalue weighted by atomic mass is 9.99. The molecule has 0 saturated carbocycles. The van der Waals surface area contributed by atoms with Gasteiger partial charge in [0.2, 0.25) is 0 Å². The molecule has 0 atom stereocenters. The quantitative estimate of drug-likeness (QED) is 0.679. The van der Waals surface area contributed by atoms with Gasteiger partial charge in [0.25, 0.3) is 0 Å². The van der Waals surface area contributed by atoms with E-state index in [1.54, 1.807) is 12.6 Å². The van der Waals surface area contributed by atoms with Gasteiger partial charge in [-0.25, -0.2) is 4.79 Å². The lowest BCUT2D eigenvalue weighted by molar-refractivity contribution is 0.240. The molecule has 0 bridgehead atoms. The third-order valence-corrected chi connectivity index (χ3v) is 5.73. The van der Waals surface area contributed by atoms with Crippen LogP contribution in [0.5, 0.6) is 0 Å². The number of rotatable bonds is 5. The fraction of sp³-hybridized carbons (Fsp3) is 0.370. The Morgan fingerprint density at radius 1 is 0.935 bits per heavy atom. The zero-order chi connectivity index (χ0) is 21.7. The van der Waals surface area contributed by atoms with Gasteiger partial charge in [-0.15, -0.1) is 0 Å². The Labute approximate surface area is 187 Å². The van der Waals surface area contributed by atoms with Crippen LogP contribution in [0.2, 0.25) is 0 Å². The number of likely N-dealkylation sites (tertiary alicyclic amines) is 1. The molecule has 0 radical (unpaired) electrons. The molecule has 0 unspecified atom stereocenters. The molecule has 1 aliphatic heterocycles. The number of allylic oxidation sites excluding steroid dienone is 3. The summed E-state index contributed by atoms with van der Waals surface area (Å²) in [6, 6.07) is 19.5. The second kappa shape index (κ2) is 12.8. The van der Waals surface area contributed by atoms with Crippen molar-refractivity contribution in [2.75, 3.05) is 26.7 Å². The van der Waals surface area contributed by atoms with Crippen LogP contribution >= 0.6 is 0 Å². The number of carbonyl (C=O) groups excluding carboxylic acids is 1. The van der Waals surface area contributed by atoms with Crippen LogP contribution in [-0.4, -0.2) is 37.6 Å². The summed E-state index contributed by atoms with van der Waals surface area (Å²) in [6.07, 6.45) is 13.6. The molecule has 2 N–H and O–H groups in total. The van der Waals surface area contributed by atoms with E-state index in [1.807, 2.05) is 60.7 Å². The minimum atomic E-state index is -0.187. The van der Waals surface area contributed by atoms with E-state index < -0.39 is 0 Å². The standard InChI is InChI=1S/C15H16N2O.C12H19N/c1-16-15(18)17-14(12-8-4-2-5-9-12)13-10-6-3-7-11-13;1-2-4-8-12(7-3-1)11-13-9-5-6-10-13/h2-11,14H,1H3,(H2,16,17,18);1,3,7H,2,4-6,8-11H2. The molecule has 1 heterocycles. The molecule has 164 valence electrons. The van der Waals surface area contributed by atoms with Crippen LogP contribution in [0.3, 0.4) is 0 Å². The van der Waals surface area contributed by atoms with Gasteiger partial charge in [0.05, 0.1) is 6.04 Å². The molecule has 4 heteroatoms. The lowest BCUT2D eigenvalue weighted by Gasteiger charge is -2.19. The number of nitrogens with zero attached hydrogens (tertiary/aromatic N) is 1. The molecule has 0 aromatic heterocycles. The second-order valence-electron chi connectivity index (χ2n) is 8.11. The van der Waals surface area contributed by atoms with E-state index in [9.17, 15) is 4.79 Å². The van der Waals surface area contributed by atoms with Crippen molar-refractivity contribution < 1.29 is 4.79 Å². The van der Waals surface area contributed by atoms with E-state index in [0.29, 0.717) is 0 Å². The smallest absolute Gasteiger partial charge is 0.315 e. The second-order valence-corrected chi connectivity index (χ2v) is 8.11. The Bertz CT molecular complexity index is 800. The van der Waals surface area contributed by atoms with Crippen molar-refractivity contribution in [3.63, 3.8) is 0 Å². The first-order valence-electron chi connectivity index (χ1n) is 11.4. The van der Waals surface area contributed by atoms with Crippen LogP contribution in [0, 0.1) is 0 Å². The summed E-state index contributed by atoms with van der Waals surface area (Å²) < 4.78 is 0. The first-order chi connectivity index (χ1) is 15.3. The van der Waals surface area contributed by atoms with Crippen molar-refractivity contribution in [3.05, 3.63) is 95.6 Å². The maximum Gasteiger partial charge on any atom is 0.315 e. The van der Waals surface area contributed by atoms with E-state index in [-0.39, 0.29) is 12.1 Å². The minimum Gasteiger partial charge on any atom is -0.341 e. The number of carbonyl (C=O) groups is 1. The van der Waals surface area contributed by atoms with E-state index in [2.05, 4.69) is 33.8 Å². The molecule has 31 heavy (non-hydrogen) atoms. The predicted octanol–water partition coefficient (Wildman–Crippen LogP) is 5.45. The average molecular weight is 418 g/mol. The number of benzene rings is 2. The SMILES string of the molecule is C1=CCCCC(CN2CCCC2)=C1.CNC(=O)NC(c1ccccc1)c1ccccc1. The zero-order valence-corrected chi connectivity index (χ0v) is 18.6. The summed E-state index contributed by atoms with van der Waals surface area (Å²) in [7, 11) is 1.61. The Morgan fingerprint density at radius 2 is 1.55 bits per heavy atom. The van der Waals surface area contributed by atoms with Gasteiger partial charge in [-0.2, -0.15) is 0 Å². The molecule has 2 aromatic carbocycles. The minimum absolute atomic E-state index is 0.132. The zero-order valence-electron chi connectivity index (χ0n) is 18.6. The van der Waals surface area contributed by atoms with E-state index in [0.717, 1.165) is 11.1 Å². The van der Waals surface area contributed by atoms with Crippen molar-refractivity contribution in [2.45, 2.75) is 38.1 Å². The first kappa shape index (κ1) is 22.8. The molecule has 2 aliphatic rings. The monoisotopic (exact) mass is 417 g/mol. The summed E-state index contributed by atoms with van der Waals surface area (Å²) in [5, 5.41) is 5.53. The molecule has 4 nitrogen and oxygen atoms in total. The highest BCUT2D eigenvalue weighted by atomic mass is 16.2. The van der Waals surface area contributed by atoms with Gasteiger partial charge in [0.15, 0.2) is 0 Å². The Kier molecular flexibility index (Phi) is 9.39. The highest BCUT2D eigenvalue weighted by Gasteiger charge is 2.15. The summed E-state index contributed by atoms with van der Waals surface area (Å²) in [4.78, 5) is 14.1. The molecular formula is C27H35N3O. The van der Waals surface area contributed by atoms with Crippen LogP contribution < -0.4 is 10.6 Å². The molecular weight excluding hydrogens is 382 g/mol. The molecule has 1 saturated heterocycles. The van der Waals surface area contributed by atoms with Crippen molar-refractivity contribution >= 4 is 6.03 Å². The molecule has 2 aromatic rings. The Balaban J connectivity index is 0.000000185. The predicted molar refractivity (Wildman–Crippen MR) is 129 cm³/mol. The molecule has 1 fully saturated rings. The summed E-state index contributed by atoms with van der Waals surface area (Å²) in [6.45, 7) is 3.87. The van der Waals surface area contributed by atoms with Crippen molar-refractivity contribution in [3.8, 4) is 0 Å². The van der Waals surface area contributed by atoms with Crippen molar-refractivity contribution in [2.24, 2.45) is 0 Å². The van der Waals surface area contributed by atoms with Crippen LogP contribution in [0.4, 0.5) is 4.79 Å². The summed E-state index contributed by atoms with van der Waals surface area (Å²) >= 11 is 0. The van der Waals surface area contributed by atoms with Gasteiger partial charge in [-0.3, -0.25) is 4.90 Å². The van der Waals surface area contributed by atoms with Crippen molar-refractivity contribution in [1.82, 2.24) is 15.5 Å². The normalized spacial score (nSPS) is 16.1. The third kappa shape index (κ3) is 7.72. The van der Waals surface area contributed by atoms with E-state index >= 15 is 0 Å². The van der Waals surface area contributed by atoms with Gasteiger partial charge in [0.1, 0.15) is 0 Å². The van der Waals surface area contributed by atoms with Gasteiger partial charge in [0, 0.05) is 13.6 Å². The molecule has 0 spiro atoms. The van der Waals surface area contributed by atoms with Crippen LogP contribution in [0.1, 0.15) is 49.3 Å². The molecule has 4 rings (SSSR count). The first-order valence-corrected chi connectivity index (χ1v) is 11.4. The van der Waals surface area contributed by atoms with Crippen LogP contribution in [0.25, 0.3) is 0 Å².